The Morgan fingerprint density at radius 3 is 2.73 bits per heavy atom. The fourth-order valence-electron chi connectivity index (χ4n) is 2.09. The van der Waals surface area contributed by atoms with Crippen molar-refractivity contribution in [2.75, 3.05) is 19.0 Å². The quantitative estimate of drug-likeness (QED) is 0.873. The summed E-state index contributed by atoms with van der Waals surface area (Å²) in [6.07, 6.45) is 1.73. The number of benzene rings is 1. The summed E-state index contributed by atoms with van der Waals surface area (Å²) in [5.41, 5.74) is 8.25. The molecule has 1 aromatic carbocycles. The van der Waals surface area contributed by atoms with Gasteiger partial charge in [0.2, 0.25) is 5.91 Å². The second-order valence-electron chi connectivity index (χ2n) is 4.68. The highest BCUT2D eigenvalue weighted by Gasteiger charge is 2.13. The highest BCUT2D eigenvalue weighted by molar-refractivity contribution is 6.01. The van der Waals surface area contributed by atoms with Gasteiger partial charge < -0.3 is 15.8 Å². The van der Waals surface area contributed by atoms with Crippen LogP contribution >= 0.6 is 24.8 Å². The van der Waals surface area contributed by atoms with Crippen molar-refractivity contribution in [3.63, 3.8) is 0 Å². The first kappa shape index (κ1) is 20.6. The van der Waals surface area contributed by atoms with Gasteiger partial charge in [0.25, 0.3) is 0 Å². The van der Waals surface area contributed by atoms with Crippen LogP contribution < -0.4 is 11.1 Å². The fraction of sp³-hybridized carbons (Fsp3) is 0.333. The average molecular weight is 346 g/mol. The van der Waals surface area contributed by atoms with Crippen LogP contribution in [0.15, 0.2) is 30.5 Å². The SMILES string of the molecule is COC(CN)CC(=O)Nc1ccc(C)c2ncccc12.Cl.Cl. The zero-order valence-electron chi connectivity index (χ0n) is 12.5. The Kier molecular flexibility index (Phi) is 8.97. The van der Waals surface area contributed by atoms with E-state index in [0.717, 1.165) is 22.2 Å². The van der Waals surface area contributed by atoms with Gasteiger partial charge in [-0.1, -0.05) is 6.07 Å². The number of nitrogens with two attached hydrogens (primary N) is 1. The first-order chi connectivity index (χ1) is 9.65. The van der Waals surface area contributed by atoms with Crippen LogP contribution in [0.2, 0.25) is 0 Å². The molecule has 1 aromatic heterocycles. The lowest BCUT2D eigenvalue weighted by molar-refractivity contribution is -0.118. The van der Waals surface area contributed by atoms with Crippen LogP contribution in [-0.4, -0.2) is 30.6 Å². The zero-order chi connectivity index (χ0) is 14.5. The van der Waals surface area contributed by atoms with Gasteiger partial charge >= 0.3 is 0 Å². The number of nitrogens with one attached hydrogen (secondary N) is 1. The predicted octanol–water partition coefficient (Wildman–Crippen LogP) is 2.69. The molecule has 3 N–H and O–H groups in total. The largest absolute Gasteiger partial charge is 0.380 e. The Balaban J connectivity index is 0.00000220. The number of hydrogen-bond donors (Lipinski definition) is 2. The summed E-state index contributed by atoms with van der Waals surface area (Å²) in [6, 6.07) is 7.64. The van der Waals surface area contributed by atoms with Crippen LogP contribution in [0.3, 0.4) is 0 Å². The number of hydrogen-bond acceptors (Lipinski definition) is 4. The molecule has 0 radical (unpaired) electrons. The summed E-state index contributed by atoms with van der Waals surface area (Å²) >= 11 is 0. The number of rotatable bonds is 5. The summed E-state index contributed by atoms with van der Waals surface area (Å²) in [4.78, 5) is 16.3. The third-order valence-electron chi connectivity index (χ3n) is 3.25. The van der Waals surface area contributed by atoms with E-state index >= 15 is 0 Å². The van der Waals surface area contributed by atoms with E-state index in [1.165, 1.54) is 0 Å². The van der Waals surface area contributed by atoms with Gasteiger partial charge in [0, 0.05) is 25.2 Å². The minimum Gasteiger partial charge on any atom is -0.380 e. The summed E-state index contributed by atoms with van der Waals surface area (Å²) in [6.45, 7) is 2.32. The van der Waals surface area contributed by atoms with Crippen molar-refractivity contribution in [3.05, 3.63) is 36.0 Å². The van der Waals surface area contributed by atoms with E-state index < -0.39 is 0 Å². The Morgan fingerprint density at radius 1 is 1.36 bits per heavy atom. The number of carbonyl (C=O) groups excluding carboxylic acids is 1. The van der Waals surface area contributed by atoms with Gasteiger partial charge in [-0.25, -0.2) is 0 Å². The molecule has 0 spiro atoms. The molecule has 0 aliphatic heterocycles. The van der Waals surface area contributed by atoms with Crippen LogP contribution in [0.25, 0.3) is 10.9 Å². The van der Waals surface area contributed by atoms with Crippen LogP contribution in [0.5, 0.6) is 0 Å². The molecule has 1 atom stereocenters. The van der Waals surface area contributed by atoms with Crippen molar-refractivity contribution in [2.24, 2.45) is 5.73 Å². The number of ether oxygens (including phenoxy) is 1. The minimum atomic E-state index is -0.259. The maximum absolute atomic E-state index is 12.0. The summed E-state index contributed by atoms with van der Waals surface area (Å²) < 4.78 is 5.12. The van der Waals surface area contributed by atoms with Crippen molar-refractivity contribution in [3.8, 4) is 0 Å². The normalized spacial score (nSPS) is 11.2. The number of methoxy groups -OCH3 is 1. The topological polar surface area (TPSA) is 77.2 Å². The Morgan fingerprint density at radius 2 is 2.09 bits per heavy atom. The van der Waals surface area contributed by atoms with E-state index in [1.807, 2.05) is 31.2 Å². The third kappa shape index (κ3) is 4.81. The minimum absolute atomic E-state index is 0. The summed E-state index contributed by atoms with van der Waals surface area (Å²) in [7, 11) is 1.55. The molecule has 22 heavy (non-hydrogen) atoms. The van der Waals surface area contributed by atoms with Gasteiger partial charge in [-0.15, -0.1) is 24.8 Å². The Bertz CT molecular complexity index is 619. The van der Waals surface area contributed by atoms with Crippen molar-refractivity contribution >= 4 is 47.3 Å². The molecule has 1 amide bonds. The number of amides is 1. The lowest BCUT2D eigenvalue weighted by Gasteiger charge is -2.14. The predicted molar refractivity (Wildman–Crippen MR) is 94.1 cm³/mol. The molecule has 122 valence electrons. The molecule has 1 unspecified atom stereocenters. The molecule has 2 aromatic rings. The molecule has 0 aliphatic rings. The number of fused-ring (bicyclic) bond motifs is 1. The number of anilines is 1. The first-order valence-corrected chi connectivity index (χ1v) is 6.52. The second-order valence-corrected chi connectivity index (χ2v) is 4.68. The molecule has 0 bridgehead atoms. The molecular weight excluding hydrogens is 325 g/mol. The van der Waals surface area contributed by atoms with Crippen LogP contribution in [0, 0.1) is 6.92 Å². The van der Waals surface area contributed by atoms with Gasteiger partial charge in [0.15, 0.2) is 0 Å². The lowest BCUT2D eigenvalue weighted by atomic mass is 10.1. The third-order valence-corrected chi connectivity index (χ3v) is 3.25. The number of halogens is 2. The first-order valence-electron chi connectivity index (χ1n) is 6.52. The van der Waals surface area contributed by atoms with Gasteiger partial charge in [-0.3, -0.25) is 9.78 Å². The van der Waals surface area contributed by atoms with Gasteiger partial charge in [-0.2, -0.15) is 0 Å². The molecule has 0 saturated heterocycles. The smallest absolute Gasteiger partial charge is 0.227 e. The van der Waals surface area contributed by atoms with Gasteiger partial charge in [-0.05, 0) is 30.7 Å². The lowest BCUT2D eigenvalue weighted by Crippen LogP contribution is -2.28. The van der Waals surface area contributed by atoms with E-state index in [0.29, 0.717) is 6.54 Å². The average Bonchev–Trinajstić information content (AvgIpc) is 2.48. The Hall–Kier alpha value is -1.40. The van der Waals surface area contributed by atoms with E-state index in [1.54, 1.807) is 13.3 Å². The van der Waals surface area contributed by atoms with Crippen LogP contribution in [0.4, 0.5) is 5.69 Å². The molecule has 2 rings (SSSR count). The molecule has 7 heteroatoms. The molecule has 1 heterocycles. The highest BCUT2D eigenvalue weighted by atomic mass is 35.5. The van der Waals surface area contributed by atoms with Crippen molar-refractivity contribution < 1.29 is 9.53 Å². The van der Waals surface area contributed by atoms with Crippen LogP contribution in [-0.2, 0) is 9.53 Å². The standard InChI is InChI=1S/C15H19N3O2.2ClH/c1-10-5-6-13(12-4-3-7-17-15(10)12)18-14(19)8-11(9-16)20-2;;/h3-7,11H,8-9,16H2,1-2H3,(H,18,19);2*1H. The van der Waals surface area contributed by atoms with E-state index in [4.69, 9.17) is 10.5 Å². The molecule has 5 nitrogen and oxygen atoms in total. The maximum Gasteiger partial charge on any atom is 0.227 e. The van der Waals surface area contributed by atoms with Gasteiger partial charge in [0.05, 0.1) is 23.7 Å². The molecule has 0 fully saturated rings. The van der Waals surface area contributed by atoms with Gasteiger partial charge in [0.1, 0.15) is 0 Å². The Labute approximate surface area is 142 Å². The molecule has 0 aliphatic carbocycles. The number of pyridine rings is 1. The highest BCUT2D eigenvalue weighted by Crippen LogP contribution is 2.24. The second kappa shape index (κ2) is 9.58. The maximum atomic E-state index is 12.0. The van der Waals surface area contributed by atoms with E-state index in [2.05, 4.69) is 10.3 Å². The number of aromatic nitrogens is 1. The molecule has 0 saturated carbocycles. The fourth-order valence-corrected chi connectivity index (χ4v) is 2.09. The number of nitrogens with zero attached hydrogens (tertiary/aromatic N) is 1. The van der Waals surface area contributed by atoms with Crippen molar-refractivity contribution in [1.82, 2.24) is 4.98 Å². The monoisotopic (exact) mass is 345 g/mol. The zero-order valence-corrected chi connectivity index (χ0v) is 14.2. The van der Waals surface area contributed by atoms with E-state index in [-0.39, 0.29) is 43.2 Å². The summed E-state index contributed by atoms with van der Waals surface area (Å²) in [5.74, 6) is -0.115. The summed E-state index contributed by atoms with van der Waals surface area (Å²) in [5, 5.41) is 3.83. The molecular formula is C15H21Cl2N3O2. The van der Waals surface area contributed by atoms with Crippen LogP contribution in [0.1, 0.15) is 12.0 Å². The van der Waals surface area contributed by atoms with Crippen molar-refractivity contribution in [1.29, 1.82) is 0 Å². The van der Waals surface area contributed by atoms with Crippen molar-refractivity contribution in [2.45, 2.75) is 19.4 Å². The number of carbonyl (C=O) groups is 1. The number of aryl methyl sites for hydroxylation is 1. The van der Waals surface area contributed by atoms with E-state index in [9.17, 15) is 4.79 Å².